The van der Waals surface area contributed by atoms with Crippen molar-refractivity contribution in [3.8, 4) is 0 Å². The zero-order chi connectivity index (χ0) is 18.0. The quantitative estimate of drug-likeness (QED) is 0.243. The topological polar surface area (TPSA) is 354 Å². The van der Waals surface area contributed by atoms with Crippen molar-refractivity contribution < 1.29 is 76.8 Å². The van der Waals surface area contributed by atoms with E-state index in [1.54, 1.807) is 0 Å². The van der Waals surface area contributed by atoms with E-state index in [1.165, 1.54) is 0 Å². The van der Waals surface area contributed by atoms with Crippen molar-refractivity contribution in [3.05, 3.63) is 0 Å². The first-order valence-electron chi connectivity index (χ1n) is 3.23. The van der Waals surface area contributed by atoms with Crippen LogP contribution in [0.25, 0.3) is 0 Å². The van der Waals surface area contributed by atoms with E-state index in [-0.39, 0.29) is 33.7 Å². The van der Waals surface area contributed by atoms with Crippen LogP contribution in [0.4, 0.5) is 0 Å². The Balaban J connectivity index is -0.0000000225. The molecule has 0 bridgehead atoms. The summed E-state index contributed by atoms with van der Waals surface area (Å²) in [5.74, 6) is 0. The predicted octanol–water partition coefficient (Wildman–Crippen LogP) is -17.9. The average Bonchev–Trinajstić information content (AvgIpc) is 1.62. The third kappa shape index (κ3) is 35800. The molecule has 0 aliphatic carbocycles. The number of rotatable bonds is 0. The summed E-state index contributed by atoms with van der Waals surface area (Å²) >= 11 is 0. The van der Waals surface area contributed by atoms with Gasteiger partial charge in [-0.05, 0) is 0 Å². The Bertz CT molecular complexity index is 207. The van der Waals surface area contributed by atoms with Gasteiger partial charge < -0.3 is 99.4 Å². The van der Waals surface area contributed by atoms with Gasteiger partial charge in [-0.1, -0.05) is 0 Å². The van der Waals surface area contributed by atoms with E-state index in [0.717, 1.165) is 0 Å². The van der Waals surface area contributed by atoms with Crippen LogP contribution in [0.15, 0.2) is 0 Å². The molecule has 16 nitrogen and oxygen atoms in total. The van der Waals surface area contributed by atoms with Crippen LogP contribution in [-0.4, -0.2) is 75.5 Å². The molecule has 0 amide bonds. The molecular weight excluding hydrogens is 414 g/mol. The summed E-state index contributed by atoms with van der Waals surface area (Å²) in [7, 11) is -21.5. The first-order valence-corrected chi connectivity index (χ1v) is 9.70. The molecule has 0 spiro atoms. The van der Waals surface area contributed by atoms with Gasteiger partial charge in [0.25, 0.3) is 0 Å². The van der Waals surface area contributed by atoms with Gasteiger partial charge in [0.2, 0.25) is 0 Å². The van der Waals surface area contributed by atoms with E-state index < -0.39 is 35.0 Å². The van der Waals surface area contributed by atoms with E-state index in [2.05, 4.69) is 0 Å². The monoisotopic (exact) mass is 418 g/mol. The number of hydrogen-bond donors (Lipinski definition) is 3. The van der Waals surface area contributed by atoms with Crippen molar-refractivity contribution in [2.75, 3.05) is 0 Å². The smallest absolute Gasteiger partial charge is 0.894 e. The van der Waals surface area contributed by atoms with Gasteiger partial charge in [-0.3, -0.25) is 0 Å². The fourth-order valence-electron chi connectivity index (χ4n) is 0. The first kappa shape index (κ1) is 49.7. The summed E-state index contributed by atoms with van der Waals surface area (Å²) in [6, 6.07) is 0. The minimum atomic E-state index is -5.61. The van der Waals surface area contributed by atoms with Crippen molar-refractivity contribution in [1.29, 1.82) is 0 Å². The molecule has 24 heavy (non-hydrogen) atoms. The van der Waals surface area contributed by atoms with Crippen molar-refractivity contribution in [1.82, 2.24) is 0 Å². The fraction of sp³-hybridized carbons (Fsp3) is 0. The maximum atomic E-state index is 8.88. The van der Waals surface area contributed by atoms with E-state index >= 15 is 0 Å². The third-order valence-electron chi connectivity index (χ3n) is 0. The van der Waals surface area contributed by atoms with Crippen LogP contribution in [0.3, 0.4) is 0 Å². The normalized spacial score (nSPS) is 9.96. The Hall–Kier alpha value is 0.540. The van der Waals surface area contributed by atoms with Gasteiger partial charge in [-0.2, -0.15) is 0 Å². The second-order valence-electron chi connectivity index (χ2n) is 2.01. The molecule has 24 heteroatoms. The molecule has 0 aromatic heterocycles. The van der Waals surface area contributed by atoms with Crippen molar-refractivity contribution in [3.63, 3.8) is 0 Å². The molecule has 0 heterocycles. The zero-order valence-electron chi connectivity index (χ0n) is 10.9. The fourth-order valence-corrected chi connectivity index (χ4v) is 0. The number of phosphoric acid groups is 1. The molecule has 0 aromatic rings. The molecule has 128 valence electrons. The molecule has 0 fully saturated rings. The van der Waals surface area contributed by atoms with Crippen LogP contribution in [0.1, 0.15) is 0 Å². The van der Waals surface area contributed by atoms with Crippen LogP contribution in [0, 0.1) is 0 Å². The van der Waals surface area contributed by atoms with E-state index in [4.69, 9.17) is 76.8 Å². The maximum Gasteiger partial charge on any atom is 3.00 e. The van der Waals surface area contributed by atoms with Crippen LogP contribution in [-0.2, 0) is 4.57 Å². The van der Waals surface area contributed by atoms with Crippen molar-refractivity contribution in [2.24, 2.45) is 0 Å². The second kappa shape index (κ2) is 19.9. The maximum absolute atomic E-state index is 8.88. The van der Waals surface area contributed by atoms with Gasteiger partial charge in [0.05, 0.1) is 0 Å². The standard InChI is InChI=1S/4B.H3O4P.3O4Si/c;;;;4*1-5(2,3)4/h;;;;(H3,1,2,3,4);;;/q4*+3;;3*-4. The van der Waals surface area contributed by atoms with Gasteiger partial charge in [0, 0.05) is 0 Å². The Kier molecular flexibility index (Phi) is 41.1. The van der Waals surface area contributed by atoms with E-state index in [9.17, 15) is 0 Å². The molecule has 0 atom stereocenters. The van der Waals surface area contributed by atoms with Gasteiger partial charge in [-0.15, -0.1) is 0 Å². The Morgan fingerprint density at radius 2 is 0.458 bits per heavy atom. The molecule has 0 aromatic carbocycles. The van der Waals surface area contributed by atoms with Gasteiger partial charge in [0.15, 0.2) is 0 Å². The Morgan fingerprint density at radius 3 is 0.458 bits per heavy atom. The first-order chi connectivity index (χ1) is 8.00. The SMILES string of the molecule is O=P(O)(O)O.[B+3].[B+3].[B+3].[B+3].[O-][Si]([O-])([O-])[O-].[O-][Si]([O-])([O-])[O-].[O-][Si]([O-])([O-])[O-]. The number of hydrogen-bond acceptors (Lipinski definition) is 13. The second-order valence-corrected chi connectivity index (χ2v) is 6.04. The van der Waals surface area contributed by atoms with Gasteiger partial charge in [-0.25, -0.2) is 4.57 Å². The molecule has 0 aliphatic rings. The Morgan fingerprint density at radius 1 is 0.458 bits per heavy atom. The summed E-state index contributed by atoms with van der Waals surface area (Å²) in [5, 5.41) is 0. The third-order valence-corrected chi connectivity index (χ3v) is 0. The van der Waals surface area contributed by atoms with Crippen LogP contribution in [0.5, 0.6) is 0 Å². The molecule has 0 unspecified atom stereocenters. The van der Waals surface area contributed by atoms with Crippen LogP contribution >= 0.6 is 7.82 Å². The Labute approximate surface area is 146 Å². The van der Waals surface area contributed by atoms with Crippen LogP contribution < -0.4 is 57.5 Å². The molecule has 0 rings (SSSR count). The van der Waals surface area contributed by atoms with Crippen LogP contribution in [0.2, 0.25) is 0 Å². The summed E-state index contributed by atoms with van der Waals surface area (Å²) in [6.45, 7) is 0. The summed E-state index contributed by atoms with van der Waals surface area (Å²) in [5.41, 5.74) is 0. The van der Waals surface area contributed by atoms with Gasteiger partial charge in [0.1, 0.15) is 0 Å². The van der Waals surface area contributed by atoms with E-state index in [1.807, 2.05) is 0 Å². The largest absolute Gasteiger partial charge is 3.00 e. The van der Waals surface area contributed by atoms with E-state index in [0.29, 0.717) is 0 Å². The molecule has 0 aliphatic heterocycles. The summed E-state index contributed by atoms with van der Waals surface area (Å²) < 4.78 is 8.88. The molecule has 0 radical (unpaired) electrons. The summed E-state index contributed by atoms with van der Waals surface area (Å²) in [4.78, 5) is 124. The molecule has 0 saturated heterocycles. The zero-order valence-corrected chi connectivity index (χ0v) is 14.8. The molecule has 0 saturated carbocycles. The minimum Gasteiger partial charge on any atom is -0.894 e. The van der Waals surface area contributed by atoms with Crippen molar-refractivity contribution >= 4 is 68.6 Å². The molecule has 3 N–H and O–H groups in total. The predicted molar refractivity (Wildman–Crippen MR) is 54.5 cm³/mol. The minimum absolute atomic E-state index is 0. The summed E-state index contributed by atoms with van der Waals surface area (Å²) in [6.07, 6.45) is 0. The average molecular weight is 417 g/mol. The molecular formula is H3B4O16PSi3. The van der Waals surface area contributed by atoms with Crippen molar-refractivity contribution in [2.45, 2.75) is 0 Å². The van der Waals surface area contributed by atoms with Gasteiger partial charge >= 0.3 is 41.5 Å².